The molecular weight excluding hydrogens is 787 g/mol. The number of nitrogens with zero attached hydrogens (tertiary/aromatic N) is 4. The van der Waals surface area contributed by atoms with Crippen LogP contribution in [-0.4, -0.2) is 106 Å². The number of aryl methyl sites for hydroxylation is 1. The number of cyclic esters (lactones) is 1. The van der Waals surface area contributed by atoms with Crippen molar-refractivity contribution in [1.29, 1.82) is 0 Å². The number of carbonyl (C=O) groups is 4. The summed E-state index contributed by atoms with van der Waals surface area (Å²) in [4.78, 5) is 62.7. The van der Waals surface area contributed by atoms with Crippen LogP contribution in [0.3, 0.4) is 0 Å². The van der Waals surface area contributed by atoms with Gasteiger partial charge >= 0.3 is 5.97 Å². The minimum atomic E-state index is -1.11. The Hall–Kier alpha value is -5.31. The molecule has 2 saturated heterocycles. The van der Waals surface area contributed by atoms with Crippen molar-refractivity contribution < 1.29 is 33.8 Å². The molecule has 6 bridgehead atoms. The Labute approximate surface area is 364 Å². The molecule has 3 aliphatic heterocycles. The summed E-state index contributed by atoms with van der Waals surface area (Å²) in [6.07, 6.45) is 6.11. The number of amides is 3. The summed E-state index contributed by atoms with van der Waals surface area (Å²) >= 11 is 0. The number of phenolic OH excluding ortho intramolecular Hbond substituents is 1. The number of pyridine rings is 1. The van der Waals surface area contributed by atoms with Gasteiger partial charge in [0, 0.05) is 67.9 Å². The smallest absolute Gasteiger partial charge is 0.324 e. The quantitative estimate of drug-likeness (QED) is 0.161. The van der Waals surface area contributed by atoms with Crippen molar-refractivity contribution in [3.8, 4) is 28.1 Å². The molecule has 1 unspecified atom stereocenters. The van der Waals surface area contributed by atoms with Crippen molar-refractivity contribution in [2.24, 2.45) is 17.3 Å². The summed E-state index contributed by atoms with van der Waals surface area (Å²) in [6, 6.07) is 10.4. The van der Waals surface area contributed by atoms with Crippen molar-refractivity contribution >= 4 is 34.6 Å². The molecule has 2 aromatic heterocycles. The first kappa shape index (κ1) is 44.7. The molecule has 14 heteroatoms. The summed E-state index contributed by atoms with van der Waals surface area (Å²) in [6.45, 7) is 14.3. The lowest BCUT2D eigenvalue weighted by atomic mass is 9.84. The molecule has 14 nitrogen and oxygen atoms in total. The zero-order chi connectivity index (χ0) is 44.5. The number of hydrogen-bond acceptors (Lipinski definition) is 10. The summed E-state index contributed by atoms with van der Waals surface area (Å²) in [5.74, 6) is -1.67. The number of esters is 1. The van der Waals surface area contributed by atoms with Crippen molar-refractivity contribution in [2.45, 2.75) is 111 Å². The summed E-state index contributed by atoms with van der Waals surface area (Å²) in [5.41, 5.74) is 9.92. The number of carbonyl (C=O) groups excluding carboxylic acids is 4. The van der Waals surface area contributed by atoms with Gasteiger partial charge in [-0.05, 0) is 109 Å². The van der Waals surface area contributed by atoms with Crippen molar-refractivity contribution in [2.75, 3.05) is 33.9 Å². The lowest BCUT2D eigenvalue weighted by Gasteiger charge is -2.37. The van der Waals surface area contributed by atoms with Gasteiger partial charge < -0.3 is 34.7 Å². The van der Waals surface area contributed by atoms with Gasteiger partial charge in [-0.25, -0.2) is 5.43 Å². The van der Waals surface area contributed by atoms with E-state index >= 15 is 0 Å². The highest BCUT2D eigenvalue weighted by Gasteiger charge is 2.40. The molecule has 0 aliphatic carbocycles. The number of phenols is 1. The van der Waals surface area contributed by atoms with E-state index in [9.17, 15) is 24.3 Å². The SMILES string of the molecule is CCn1c(-c2cnccc2COC)c2c3cc(ccc31)-c1cc(O)cc(c1)CC(NC(=O)[C@H](C(C)C)N(C)C(=O)[C@@H]1NCC[C@@H]1C)C(=O)N1CCC[C@H](N1)C(=O)OCC(C)(C)C2. The van der Waals surface area contributed by atoms with Gasteiger partial charge in [0.05, 0.1) is 24.9 Å². The highest BCUT2D eigenvalue weighted by molar-refractivity contribution is 5.96. The molecule has 332 valence electrons. The maximum atomic E-state index is 14.6. The van der Waals surface area contributed by atoms with Gasteiger partial charge in [-0.1, -0.05) is 46.8 Å². The van der Waals surface area contributed by atoms with E-state index in [-0.39, 0.29) is 36.5 Å². The number of ether oxygens (including phenoxy) is 2. The molecule has 0 saturated carbocycles. The summed E-state index contributed by atoms with van der Waals surface area (Å²) < 4.78 is 14.0. The third-order valence-electron chi connectivity index (χ3n) is 12.8. The number of rotatable bonds is 9. The molecule has 0 radical (unpaired) electrons. The van der Waals surface area contributed by atoms with E-state index in [1.165, 1.54) is 9.91 Å². The average molecular weight is 850 g/mol. The largest absolute Gasteiger partial charge is 0.508 e. The van der Waals surface area contributed by atoms with Gasteiger partial charge in [0.25, 0.3) is 5.91 Å². The predicted molar refractivity (Wildman–Crippen MR) is 238 cm³/mol. The van der Waals surface area contributed by atoms with E-state index in [2.05, 4.69) is 58.5 Å². The van der Waals surface area contributed by atoms with Gasteiger partial charge in [0.15, 0.2) is 0 Å². The van der Waals surface area contributed by atoms with E-state index in [1.807, 2.05) is 45.2 Å². The number of aromatic hydroxyl groups is 1. The number of nitrogens with one attached hydrogen (secondary N) is 3. The molecule has 62 heavy (non-hydrogen) atoms. The topological polar surface area (TPSA) is 167 Å². The molecule has 5 heterocycles. The van der Waals surface area contributed by atoms with Crippen molar-refractivity contribution in [3.63, 3.8) is 0 Å². The number of hydrogen-bond donors (Lipinski definition) is 4. The van der Waals surface area contributed by atoms with Crippen LogP contribution >= 0.6 is 0 Å². The van der Waals surface area contributed by atoms with Crippen molar-refractivity contribution in [3.05, 3.63) is 71.5 Å². The second kappa shape index (κ2) is 18.6. The number of fused-ring (bicyclic) bond motifs is 6. The monoisotopic (exact) mass is 849 g/mol. The normalized spacial score (nSPS) is 22.3. The highest BCUT2D eigenvalue weighted by Crippen LogP contribution is 2.41. The molecule has 3 amide bonds. The Balaban J connectivity index is 1.33. The van der Waals surface area contributed by atoms with Crippen molar-refractivity contribution in [1.82, 2.24) is 35.5 Å². The number of benzene rings is 2. The number of hydrazine groups is 1. The molecular formula is C48H63N7O7. The lowest BCUT2D eigenvalue weighted by Crippen LogP contribution is -2.62. The molecule has 4 N–H and O–H groups in total. The summed E-state index contributed by atoms with van der Waals surface area (Å²) in [7, 11) is 3.32. The minimum absolute atomic E-state index is 0.0137. The maximum Gasteiger partial charge on any atom is 0.324 e. The van der Waals surface area contributed by atoms with Crippen LogP contribution in [-0.2, 0) is 54.6 Å². The Morgan fingerprint density at radius 3 is 2.61 bits per heavy atom. The molecule has 2 aromatic carbocycles. The standard InChI is InChI=1S/C48H63N7O7/c1-9-54-40-13-12-31-23-35(40)36(43(54)37-25-49-16-15-32(37)26-61-8)24-48(5,6)27-62-47(60)38-11-10-18-55(52-38)45(58)39(21-30-19-33(31)22-34(56)20-30)51-44(57)42(28(2)3)53(7)46(59)41-29(4)14-17-50-41/h12-13,15-16,19-20,22-23,25,28-29,38-39,41-42,50,52,56H,9-11,14,17-18,21,24,26-27H2,1-8H3,(H,51,57)/t29-,38-,39?,41+,42-/m0/s1. The highest BCUT2D eigenvalue weighted by atomic mass is 16.5. The van der Waals surface area contributed by atoms with Crippen LogP contribution in [0, 0.1) is 17.3 Å². The van der Waals surface area contributed by atoms with Crippen LogP contribution in [0.15, 0.2) is 54.9 Å². The number of methoxy groups -OCH3 is 1. The maximum absolute atomic E-state index is 14.6. The van der Waals surface area contributed by atoms with Crippen LogP contribution in [0.1, 0.15) is 77.5 Å². The zero-order valence-corrected chi connectivity index (χ0v) is 37.4. The Morgan fingerprint density at radius 2 is 1.90 bits per heavy atom. The Kier molecular flexibility index (Phi) is 13.4. The average Bonchev–Trinajstić information content (AvgIpc) is 3.81. The second-order valence-corrected chi connectivity index (χ2v) is 18.5. The van der Waals surface area contributed by atoms with Gasteiger partial charge in [0.2, 0.25) is 11.8 Å². The van der Waals surface area contributed by atoms with Crippen LogP contribution in [0.5, 0.6) is 5.75 Å². The van der Waals surface area contributed by atoms with Gasteiger partial charge in [-0.3, -0.25) is 29.2 Å². The second-order valence-electron chi connectivity index (χ2n) is 18.5. The van der Waals surface area contributed by atoms with E-state index in [4.69, 9.17) is 9.47 Å². The fourth-order valence-electron chi connectivity index (χ4n) is 9.64. The van der Waals surface area contributed by atoms with E-state index in [1.54, 1.807) is 32.5 Å². The van der Waals surface area contributed by atoms with Gasteiger partial charge in [0.1, 0.15) is 23.9 Å². The zero-order valence-electron chi connectivity index (χ0n) is 37.4. The molecule has 4 aromatic rings. The first-order chi connectivity index (χ1) is 29.6. The van der Waals surface area contributed by atoms with Crippen LogP contribution in [0.25, 0.3) is 33.3 Å². The third-order valence-corrected chi connectivity index (χ3v) is 12.8. The molecule has 7 rings (SSSR count). The van der Waals surface area contributed by atoms with E-state index in [0.717, 1.165) is 57.4 Å². The molecule has 2 fully saturated rings. The fraction of sp³-hybridized carbons (Fsp3) is 0.521. The first-order valence-corrected chi connectivity index (χ1v) is 22.1. The van der Waals surface area contributed by atoms with Crippen LogP contribution < -0.4 is 16.1 Å². The Morgan fingerprint density at radius 1 is 1.11 bits per heavy atom. The molecule has 0 spiro atoms. The first-order valence-electron chi connectivity index (χ1n) is 22.1. The van der Waals surface area contributed by atoms with Crippen LogP contribution in [0.2, 0.25) is 0 Å². The Bertz CT molecular complexity index is 2320. The van der Waals surface area contributed by atoms with E-state index in [0.29, 0.717) is 44.5 Å². The molecule has 3 aliphatic rings. The molecule has 5 atom stereocenters. The third kappa shape index (κ3) is 9.23. The van der Waals surface area contributed by atoms with Crippen LogP contribution in [0.4, 0.5) is 0 Å². The minimum Gasteiger partial charge on any atom is -0.508 e. The fourth-order valence-corrected chi connectivity index (χ4v) is 9.64. The van der Waals surface area contributed by atoms with Gasteiger partial charge in [-0.15, -0.1) is 0 Å². The predicted octanol–water partition coefficient (Wildman–Crippen LogP) is 5.37. The number of likely N-dealkylation sites (N-methyl/N-ethyl adjacent to an activating group) is 1. The van der Waals surface area contributed by atoms with Gasteiger partial charge in [-0.2, -0.15) is 0 Å². The number of aromatic nitrogens is 2. The summed E-state index contributed by atoms with van der Waals surface area (Å²) in [5, 5.41) is 20.0. The lowest BCUT2D eigenvalue weighted by molar-refractivity contribution is -0.155. The van der Waals surface area contributed by atoms with E-state index < -0.39 is 47.4 Å².